The van der Waals surface area contributed by atoms with Crippen molar-refractivity contribution in [3.8, 4) is 5.75 Å². The van der Waals surface area contributed by atoms with E-state index >= 15 is 0 Å². The highest BCUT2D eigenvalue weighted by atomic mass is 32.2. The molecule has 0 unspecified atom stereocenters. The van der Waals surface area contributed by atoms with Crippen LogP contribution in [0.4, 0.5) is 10.5 Å². The Morgan fingerprint density at radius 2 is 1.84 bits per heavy atom. The number of hydrogen-bond donors (Lipinski definition) is 1. The minimum atomic E-state index is -3.07. The zero-order valence-corrected chi connectivity index (χ0v) is 16.0. The molecule has 6 nitrogen and oxygen atoms in total. The van der Waals surface area contributed by atoms with E-state index in [1.54, 1.807) is 17.0 Å². The van der Waals surface area contributed by atoms with Gasteiger partial charge >= 0.3 is 6.03 Å². The first-order chi connectivity index (χ1) is 11.8. The molecule has 0 bridgehead atoms. The Kier molecular flexibility index (Phi) is 6.70. The summed E-state index contributed by atoms with van der Waals surface area (Å²) in [5, 5.41) is 2.52. The van der Waals surface area contributed by atoms with Gasteiger partial charge in [0.05, 0.1) is 17.6 Å². The summed E-state index contributed by atoms with van der Waals surface area (Å²) in [6, 6.07) is 7.02. The van der Waals surface area contributed by atoms with Crippen LogP contribution in [0.1, 0.15) is 33.6 Å². The van der Waals surface area contributed by atoms with E-state index in [2.05, 4.69) is 5.32 Å². The van der Waals surface area contributed by atoms with E-state index in [1.165, 1.54) is 0 Å². The first kappa shape index (κ1) is 19.6. The molecule has 7 heteroatoms. The quantitative estimate of drug-likeness (QED) is 0.837. The summed E-state index contributed by atoms with van der Waals surface area (Å²) in [5.41, 5.74) is 0.697. The van der Waals surface area contributed by atoms with Gasteiger partial charge in [-0.1, -0.05) is 13.8 Å². The molecule has 0 spiro atoms. The maximum absolute atomic E-state index is 12.3. The van der Waals surface area contributed by atoms with Crippen LogP contribution in [0.15, 0.2) is 24.3 Å². The third-order valence-corrected chi connectivity index (χ3v) is 6.84. The van der Waals surface area contributed by atoms with E-state index in [0.29, 0.717) is 38.2 Å². The van der Waals surface area contributed by atoms with Gasteiger partial charge in [0.25, 0.3) is 0 Å². The summed E-state index contributed by atoms with van der Waals surface area (Å²) in [6.07, 6.45) is 1.01. The number of nitrogens with zero attached hydrogens (tertiary/aromatic N) is 1. The molecule has 2 rings (SSSR count). The highest BCUT2D eigenvalue weighted by Crippen LogP contribution is 2.21. The first-order valence-electron chi connectivity index (χ1n) is 8.82. The van der Waals surface area contributed by atoms with Crippen molar-refractivity contribution in [2.75, 3.05) is 30.8 Å². The number of anilines is 1. The number of urea groups is 1. The van der Waals surface area contributed by atoms with Gasteiger partial charge in [0.15, 0.2) is 9.84 Å². The van der Waals surface area contributed by atoms with Crippen LogP contribution < -0.4 is 10.1 Å². The summed E-state index contributed by atoms with van der Waals surface area (Å²) in [6.45, 7) is 7.27. The Morgan fingerprint density at radius 3 is 2.36 bits per heavy atom. The van der Waals surface area contributed by atoms with Crippen molar-refractivity contribution in [2.24, 2.45) is 5.92 Å². The number of piperidine rings is 1. The van der Waals surface area contributed by atoms with Crippen molar-refractivity contribution in [1.82, 2.24) is 4.90 Å². The number of rotatable bonds is 6. The number of likely N-dealkylation sites (tertiary alicyclic amines) is 1. The highest BCUT2D eigenvalue weighted by molar-refractivity contribution is 7.92. The summed E-state index contributed by atoms with van der Waals surface area (Å²) in [5.74, 6) is 1.11. The minimum absolute atomic E-state index is 0.131. The fraction of sp³-hybridized carbons (Fsp3) is 0.611. The van der Waals surface area contributed by atoms with Gasteiger partial charge in [0.1, 0.15) is 5.75 Å². The summed E-state index contributed by atoms with van der Waals surface area (Å²) in [4.78, 5) is 14.0. The standard InChI is InChI=1S/C18H28N2O4S/c1-4-24-16-7-5-15(6-8-16)19-18(21)20-11-9-17(10-12-20)25(22,23)13-14(2)3/h5-8,14,17H,4,9-13H2,1-3H3,(H,19,21). The molecule has 0 saturated carbocycles. The SMILES string of the molecule is CCOc1ccc(NC(=O)N2CCC(S(=O)(=O)CC(C)C)CC2)cc1. The average Bonchev–Trinajstić information content (AvgIpc) is 2.56. The molecule has 25 heavy (non-hydrogen) atoms. The molecule has 1 aromatic rings. The van der Waals surface area contributed by atoms with Crippen molar-refractivity contribution in [1.29, 1.82) is 0 Å². The zero-order chi connectivity index (χ0) is 18.4. The van der Waals surface area contributed by atoms with E-state index in [0.717, 1.165) is 5.75 Å². The number of carbonyl (C=O) groups is 1. The summed E-state index contributed by atoms with van der Waals surface area (Å²) in [7, 11) is -3.07. The normalized spacial score (nSPS) is 16.1. The van der Waals surface area contributed by atoms with E-state index < -0.39 is 9.84 Å². The lowest BCUT2D eigenvalue weighted by molar-refractivity contribution is 0.200. The van der Waals surface area contributed by atoms with Crippen molar-refractivity contribution in [2.45, 2.75) is 38.9 Å². The van der Waals surface area contributed by atoms with Crippen LogP contribution >= 0.6 is 0 Å². The second-order valence-electron chi connectivity index (χ2n) is 6.80. The molecule has 2 amide bonds. The Hall–Kier alpha value is -1.76. The van der Waals surface area contributed by atoms with Gasteiger partial charge in [-0.2, -0.15) is 0 Å². The molecule has 1 heterocycles. The molecule has 1 aliphatic rings. The van der Waals surface area contributed by atoms with Gasteiger partial charge in [-0.25, -0.2) is 13.2 Å². The Labute approximate surface area is 150 Å². The molecule has 0 aromatic heterocycles. The smallest absolute Gasteiger partial charge is 0.321 e. The first-order valence-corrected chi connectivity index (χ1v) is 10.5. The highest BCUT2D eigenvalue weighted by Gasteiger charge is 2.31. The van der Waals surface area contributed by atoms with Crippen LogP contribution in [0, 0.1) is 5.92 Å². The molecule has 1 saturated heterocycles. The fourth-order valence-corrected chi connectivity index (χ4v) is 5.15. The van der Waals surface area contributed by atoms with Crippen LogP contribution in [0.3, 0.4) is 0 Å². The van der Waals surface area contributed by atoms with Crippen molar-refractivity contribution in [3.63, 3.8) is 0 Å². The summed E-state index contributed by atoms with van der Waals surface area (Å²) < 4.78 is 30.0. The fourth-order valence-electron chi connectivity index (χ4n) is 3.02. The lowest BCUT2D eigenvalue weighted by Gasteiger charge is -2.32. The van der Waals surface area contributed by atoms with Crippen molar-refractivity contribution in [3.05, 3.63) is 24.3 Å². The van der Waals surface area contributed by atoms with E-state index in [1.807, 2.05) is 32.9 Å². The topological polar surface area (TPSA) is 75.7 Å². The molecule has 0 atom stereocenters. The molecular weight excluding hydrogens is 340 g/mol. The zero-order valence-electron chi connectivity index (χ0n) is 15.2. The number of hydrogen-bond acceptors (Lipinski definition) is 4. The molecule has 0 radical (unpaired) electrons. The minimum Gasteiger partial charge on any atom is -0.494 e. The second-order valence-corrected chi connectivity index (χ2v) is 9.12. The second kappa shape index (κ2) is 8.56. The number of carbonyl (C=O) groups excluding carboxylic acids is 1. The molecule has 1 N–H and O–H groups in total. The third kappa shape index (κ3) is 5.63. The Morgan fingerprint density at radius 1 is 1.24 bits per heavy atom. The monoisotopic (exact) mass is 368 g/mol. The van der Waals surface area contributed by atoms with Crippen LogP contribution in [-0.4, -0.2) is 50.0 Å². The molecular formula is C18H28N2O4S. The predicted molar refractivity (Wildman–Crippen MR) is 99.8 cm³/mol. The molecule has 1 aliphatic heterocycles. The predicted octanol–water partition coefficient (Wildman–Crippen LogP) is 3.15. The molecule has 0 aliphatic carbocycles. The van der Waals surface area contributed by atoms with Gasteiger partial charge in [0.2, 0.25) is 0 Å². The van der Waals surface area contributed by atoms with Crippen LogP contribution in [0.5, 0.6) is 5.75 Å². The van der Waals surface area contributed by atoms with Gasteiger partial charge in [-0.15, -0.1) is 0 Å². The number of nitrogens with one attached hydrogen (secondary N) is 1. The van der Waals surface area contributed by atoms with Crippen LogP contribution in [0.2, 0.25) is 0 Å². The van der Waals surface area contributed by atoms with Crippen LogP contribution in [-0.2, 0) is 9.84 Å². The van der Waals surface area contributed by atoms with Gasteiger partial charge < -0.3 is 15.0 Å². The number of benzene rings is 1. The van der Waals surface area contributed by atoms with Gasteiger partial charge in [-0.05, 0) is 49.9 Å². The molecule has 1 fully saturated rings. The van der Waals surface area contributed by atoms with Crippen molar-refractivity contribution < 1.29 is 17.9 Å². The third-order valence-electron chi connectivity index (χ3n) is 4.22. The lowest BCUT2D eigenvalue weighted by atomic mass is 10.1. The maximum atomic E-state index is 12.3. The lowest BCUT2D eigenvalue weighted by Crippen LogP contribution is -2.45. The van der Waals surface area contributed by atoms with Crippen LogP contribution in [0.25, 0.3) is 0 Å². The van der Waals surface area contributed by atoms with E-state index in [9.17, 15) is 13.2 Å². The van der Waals surface area contributed by atoms with Crippen molar-refractivity contribution >= 4 is 21.6 Å². The number of ether oxygens (including phenoxy) is 1. The molecule has 140 valence electrons. The largest absolute Gasteiger partial charge is 0.494 e. The summed E-state index contributed by atoms with van der Waals surface area (Å²) >= 11 is 0. The van der Waals surface area contributed by atoms with E-state index in [4.69, 9.17) is 4.74 Å². The Balaban J connectivity index is 1.86. The average molecular weight is 368 g/mol. The molecule has 1 aromatic carbocycles. The maximum Gasteiger partial charge on any atom is 0.321 e. The van der Waals surface area contributed by atoms with Gasteiger partial charge in [0, 0.05) is 18.8 Å². The Bertz CT molecular complexity index is 663. The number of amides is 2. The number of sulfone groups is 1. The van der Waals surface area contributed by atoms with Gasteiger partial charge in [-0.3, -0.25) is 0 Å². The van der Waals surface area contributed by atoms with E-state index in [-0.39, 0.29) is 23.0 Å².